The van der Waals surface area contributed by atoms with E-state index in [0.717, 1.165) is 0 Å². The Morgan fingerprint density at radius 3 is 1.30 bits per heavy atom. The number of rotatable bonds is 10. The Hall–Kier alpha value is -3.42. The minimum atomic E-state index is -1.51. The van der Waals surface area contributed by atoms with E-state index in [1.54, 1.807) is 0 Å². The molecule has 0 bridgehead atoms. The van der Waals surface area contributed by atoms with Gasteiger partial charge in [0.1, 0.15) is 13.2 Å². The van der Waals surface area contributed by atoms with Gasteiger partial charge in [0.25, 0.3) is 0 Å². The molecule has 0 aliphatic rings. The molecule has 0 saturated heterocycles. The number of hydrogen-bond donors (Lipinski definition) is 0. The predicted octanol–water partition coefficient (Wildman–Crippen LogP) is 3.02. The normalized spacial score (nSPS) is 11.1. The number of hydrogen-bond acceptors (Lipinski definition) is 8. The van der Waals surface area contributed by atoms with Gasteiger partial charge in [0.15, 0.2) is 0 Å². The number of ether oxygens (including phenoxy) is 4. The highest BCUT2D eigenvalue weighted by atomic mass is 16.6. The molecule has 0 atom stereocenters. The van der Waals surface area contributed by atoms with Crippen molar-refractivity contribution in [2.45, 2.75) is 38.9 Å². The molecule has 0 heterocycles. The van der Waals surface area contributed by atoms with Crippen LogP contribution in [0, 0.1) is 0 Å². The first-order valence-corrected chi connectivity index (χ1v) is 9.07. The number of carbonyl (C=O) groups excluding carboxylic acids is 4. The van der Waals surface area contributed by atoms with Gasteiger partial charge in [-0.2, -0.15) is 0 Å². The van der Waals surface area contributed by atoms with Crippen molar-refractivity contribution in [3.63, 3.8) is 0 Å². The summed E-state index contributed by atoms with van der Waals surface area (Å²) in [5, 5.41) is 0. The first kappa shape index (κ1) is 24.6. The van der Waals surface area contributed by atoms with Gasteiger partial charge in [-0.15, -0.1) is 0 Å². The Kier molecular flexibility index (Phi) is 8.52. The van der Waals surface area contributed by atoms with E-state index in [9.17, 15) is 19.2 Å². The fraction of sp³-hybridized carbons (Fsp3) is 0.364. The monoisotopic (exact) mass is 418 g/mol. The van der Waals surface area contributed by atoms with Crippen LogP contribution in [-0.2, 0) is 28.5 Å². The summed E-state index contributed by atoms with van der Waals surface area (Å²) >= 11 is 0. The van der Waals surface area contributed by atoms with E-state index in [1.165, 1.54) is 64.1 Å². The SMILES string of the molecule is C=CCOC(=O)C(C)(C)OC(=O)c1ccc(C(=O)OC(C)(C)C(=O)OCC=C)cc1. The zero-order chi connectivity index (χ0) is 22.9. The second-order valence-corrected chi connectivity index (χ2v) is 7.15. The van der Waals surface area contributed by atoms with Gasteiger partial charge in [-0.05, 0) is 52.0 Å². The average Bonchev–Trinajstić information content (AvgIpc) is 2.69. The number of benzene rings is 1. The molecule has 0 radical (unpaired) electrons. The molecule has 0 aliphatic carbocycles. The first-order valence-electron chi connectivity index (χ1n) is 9.07. The van der Waals surface area contributed by atoms with Gasteiger partial charge in [0, 0.05) is 0 Å². The van der Waals surface area contributed by atoms with Crippen molar-refractivity contribution in [3.8, 4) is 0 Å². The maximum absolute atomic E-state index is 12.3. The van der Waals surface area contributed by atoms with Crippen LogP contribution in [0.15, 0.2) is 49.6 Å². The van der Waals surface area contributed by atoms with Gasteiger partial charge < -0.3 is 18.9 Å². The van der Waals surface area contributed by atoms with Gasteiger partial charge in [-0.1, -0.05) is 25.3 Å². The Labute approximate surface area is 175 Å². The molecule has 8 nitrogen and oxygen atoms in total. The van der Waals surface area contributed by atoms with Crippen LogP contribution < -0.4 is 0 Å². The van der Waals surface area contributed by atoms with Gasteiger partial charge in [0.05, 0.1) is 11.1 Å². The van der Waals surface area contributed by atoms with Gasteiger partial charge in [-0.3, -0.25) is 0 Å². The fourth-order valence-electron chi connectivity index (χ4n) is 2.02. The van der Waals surface area contributed by atoms with E-state index in [2.05, 4.69) is 13.2 Å². The summed E-state index contributed by atoms with van der Waals surface area (Å²) in [6.07, 6.45) is 2.79. The lowest BCUT2D eigenvalue weighted by atomic mass is 10.1. The lowest BCUT2D eigenvalue weighted by Gasteiger charge is -2.23. The summed E-state index contributed by atoms with van der Waals surface area (Å²) in [6.45, 7) is 12.5. The Morgan fingerprint density at radius 2 is 1.03 bits per heavy atom. The molecular formula is C22H26O8. The van der Waals surface area contributed by atoms with Crippen LogP contribution in [0.2, 0.25) is 0 Å². The summed E-state index contributed by atoms with van der Waals surface area (Å²) in [5.74, 6) is -2.99. The number of carbonyl (C=O) groups is 4. The Balaban J connectivity index is 2.80. The summed E-state index contributed by atoms with van der Waals surface area (Å²) < 4.78 is 20.2. The molecule has 0 aliphatic heterocycles. The van der Waals surface area contributed by atoms with E-state index in [0.29, 0.717) is 0 Å². The molecule has 30 heavy (non-hydrogen) atoms. The molecule has 1 rings (SSSR count). The van der Waals surface area contributed by atoms with E-state index >= 15 is 0 Å². The zero-order valence-electron chi connectivity index (χ0n) is 17.6. The highest BCUT2D eigenvalue weighted by Crippen LogP contribution is 2.18. The third kappa shape index (κ3) is 6.88. The molecule has 0 amide bonds. The molecule has 0 unspecified atom stereocenters. The molecule has 1 aromatic rings. The summed E-state index contributed by atoms with van der Waals surface area (Å²) in [5.41, 5.74) is -2.79. The molecule has 0 fully saturated rings. The zero-order valence-corrected chi connectivity index (χ0v) is 17.6. The average molecular weight is 418 g/mol. The highest BCUT2D eigenvalue weighted by Gasteiger charge is 2.35. The summed E-state index contributed by atoms with van der Waals surface area (Å²) in [6, 6.07) is 5.36. The van der Waals surface area contributed by atoms with Gasteiger partial charge in [0.2, 0.25) is 11.2 Å². The molecule has 0 aromatic heterocycles. The van der Waals surface area contributed by atoms with Crippen LogP contribution in [0.5, 0.6) is 0 Å². The van der Waals surface area contributed by atoms with Crippen molar-refractivity contribution in [2.24, 2.45) is 0 Å². The van der Waals surface area contributed by atoms with Crippen LogP contribution in [-0.4, -0.2) is 48.3 Å². The van der Waals surface area contributed by atoms with Crippen molar-refractivity contribution >= 4 is 23.9 Å². The predicted molar refractivity (Wildman–Crippen MR) is 108 cm³/mol. The fourth-order valence-corrected chi connectivity index (χ4v) is 2.02. The maximum Gasteiger partial charge on any atom is 0.350 e. The van der Waals surface area contributed by atoms with Gasteiger partial charge >= 0.3 is 23.9 Å². The van der Waals surface area contributed by atoms with Gasteiger partial charge in [-0.25, -0.2) is 19.2 Å². The minimum Gasteiger partial charge on any atom is -0.459 e. The van der Waals surface area contributed by atoms with Crippen LogP contribution >= 0.6 is 0 Å². The highest BCUT2D eigenvalue weighted by molar-refractivity contribution is 5.95. The molecule has 0 saturated carbocycles. The largest absolute Gasteiger partial charge is 0.459 e. The minimum absolute atomic E-state index is 0.00585. The molecule has 0 spiro atoms. The van der Waals surface area contributed by atoms with Crippen molar-refractivity contribution in [1.29, 1.82) is 0 Å². The third-order valence-electron chi connectivity index (χ3n) is 3.70. The molecule has 8 heteroatoms. The summed E-state index contributed by atoms with van der Waals surface area (Å²) in [7, 11) is 0. The van der Waals surface area contributed by atoms with Crippen LogP contribution in [0.4, 0.5) is 0 Å². The van der Waals surface area contributed by atoms with Crippen LogP contribution in [0.3, 0.4) is 0 Å². The second kappa shape index (κ2) is 10.4. The Morgan fingerprint density at radius 1 is 0.733 bits per heavy atom. The molecule has 1 aromatic carbocycles. The summed E-state index contributed by atoms with van der Waals surface area (Å²) in [4.78, 5) is 48.5. The smallest absolute Gasteiger partial charge is 0.350 e. The quantitative estimate of drug-likeness (QED) is 0.324. The van der Waals surface area contributed by atoms with E-state index in [4.69, 9.17) is 18.9 Å². The van der Waals surface area contributed by atoms with Crippen molar-refractivity contribution < 1.29 is 38.1 Å². The van der Waals surface area contributed by atoms with Crippen molar-refractivity contribution in [1.82, 2.24) is 0 Å². The van der Waals surface area contributed by atoms with E-state index in [1.807, 2.05) is 0 Å². The molecule has 162 valence electrons. The lowest BCUT2D eigenvalue weighted by molar-refractivity contribution is -0.161. The van der Waals surface area contributed by atoms with E-state index < -0.39 is 35.1 Å². The molecule has 0 N–H and O–H groups in total. The topological polar surface area (TPSA) is 105 Å². The first-order chi connectivity index (χ1) is 13.9. The van der Waals surface area contributed by atoms with Crippen molar-refractivity contribution in [2.75, 3.05) is 13.2 Å². The molecular weight excluding hydrogens is 392 g/mol. The van der Waals surface area contributed by atoms with E-state index in [-0.39, 0.29) is 24.3 Å². The van der Waals surface area contributed by atoms with Crippen molar-refractivity contribution in [3.05, 3.63) is 60.7 Å². The lowest BCUT2D eigenvalue weighted by Crippen LogP contribution is -2.39. The third-order valence-corrected chi connectivity index (χ3v) is 3.70. The second-order valence-electron chi connectivity index (χ2n) is 7.15. The van der Waals surface area contributed by atoms with Crippen LogP contribution in [0.25, 0.3) is 0 Å². The Bertz CT molecular complexity index is 749. The van der Waals surface area contributed by atoms with Crippen LogP contribution in [0.1, 0.15) is 48.4 Å². The number of esters is 4. The maximum atomic E-state index is 12.3. The standard InChI is InChI=1S/C22H26O8/c1-7-13-27-19(25)21(3,4)29-17(23)15-9-11-16(12-10-15)18(24)30-22(5,6)20(26)28-14-8-2/h7-12H,1-2,13-14H2,3-6H3.